The highest BCUT2D eigenvalue weighted by molar-refractivity contribution is 7.13. The van der Waals surface area contributed by atoms with Crippen molar-refractivity contribution in [3.8, 4) is 11.1 Å². The van der Waals surface area contributed by atoms with Crippen LogP contribution in [0.2, 0.25) is 0 Å². The van der Waals surface area contributed by atoms with E-state index in [-0.39, 0.29) is 11.8 Å². The lowest BCUT2D eigenvalue weighted by Crippen LogP contribution is -2.50. The Hall–Kier alpha value is -4.13. The Morgan fingerprint density at radius 3 is 2.23 bits per heavy atom. The van der Waals surface area contributed by atoms with Gasteiger partial charge in [-0.05, 0) is 52.3 Å². The lowest BCUT2D eigenvalue weighted by Gasteiger charge is -2.41. The highest BCUT2D eigenvalue weighted by Crippen LogP contribution is 2.35. The molecular formula is C41H50N6O4S. The molecule has 2 fully saturated rings. The summed E-state index contributed by atoms with van der Waals surface area (Å²) >= 11 is 1.35. The van der Waals surface area contributed by atoms with Crippen LogP contribution in [0.3, 0.4) is 0 Å². The van der Waals surface area contributed by atoms with E-state index in [1.807, 2.05) is 47.8 Å². The smallest absolute Gasteiger partial charge is 0.255 e. The number of fused-ring (bicyclic) bond motifs is 1. The zero-order valence-corrected chi connectivity index (χ0v) is 31.1. The number of carbonyl (C=O) groups excluding carboxylic acids is 2. The Bertz CT molecular complexity index is 1760. The molecule has 0 bridgehead atoms. The van der Waals surface area contributed by atoms with E-state index in [1.54, 1.807) is 11.1 Å². The van der Waals surface area contributed by atoms with E-state index in [9.17, 15) is 9.59 Å². The van der Waals surface area contributed by atoms with Gasteiger partial charge in [0.1, 0.15) is 6.04 Å². The van der Waals surface area contributed by atoms with Crippen LogP contribution in [0.4, 0.5) is 10.8 Å². The SMILES string of the molecule is CC(C)C1CN(CCOCCOCCN2CCN(c3ccc(-c4ccc5c(c4)C(=O)N(C(C(=O)Nc4nccs4)c4ccccc4)C5)cc3)CC2)C1. The molecule has 1 aromatic heterocycles. The maximum absolute atomic E-state index is 13.9. The van der Waals surface area contributed by atoms with E-state index in [0.29, 0.717) is 30.5 Å². The number of nitrogens with one attached hydrogen (secondary N) is 1. The van der Waals surface area contributed by atoms with Crippen LogP contribution in [0.5, 0.6) is 0 Å². The molecule has 3 aliphatic rings. The number of aromatic nitrogens is 1. The average Bonchev–Trinajstić information content (AvgIpc) is 3.78. The Morgan fingerprint density at radius 1 is 0.865 bits per heavy atom. The normalized spacial score (nSPS) is 17.4. The Kier molecular flexibility index (Phi) is 11.9. The predicted molar refractivity (Wildman–Crippen MR) is 207 cm³/mol. The zero-order valence-electron chi connectivity index (χ0n) is 30.3. The first kappa shape index (κ1) is 36.2. The molecule has 4 aromatic rings. The van der Waals surface area contributed by atoms with Crippen molar-refractivity contribution in [2.75, 3.05) is 89.0 Å². The van der Waals surface area contributed by atoms with Crippen molar-refractivity contribution in [3.05, 3.63) is 101 Å². The molecule has 2 amide bonds. The summed E-state index contributed by atoms with van der Waals surface area (Å²) in [4.78, 5) is 40.7. The fraction of sp³-hybridized carbons (Fsp3) is 0.439. The molecule has 0 radical (unpaired) electrons. The number of ether oxygens (including phenoxy) is 2. The molecule has 0 saturated carbocycles. The van der Waals surface area contributed by atoms with Gasteiger partial charge in [0.25, 0.3) is 11.8 Å². The average molecular weight is 723 g/mol. The molecule has 1 N–H and O–H groups in total. The minimum Gasteiger partial charge on any atom is -0.378 e. The first-order chi connectivity index (χ1) is 25.4. The van der Waals surface area contributed by atoms with Crippen molar-refractivity contribution in [1.82, 2.24) is 19.7 Å². The number of carbonyl (C=O) groups is 2. The quantitative estimate of drug-likeness (QED) is 0.143. The topological polar surface area (TPSA) is 90.5 Å². The number of anilines is 2. The van der Waals surface area contributed by atoms with Crippen molar-refractivity contribution in [1.29, 1.82) is 0 Å². The van der Waals surface area contributed by atoms with Gasteiger partial charge in [0.05, 0.1) is 26.4 Å². The molecule has 11 heteroatoms. The lowest BCUT2D eigenvalue weighted by molar-refractivity contribution is -0.120. The predicted octanol–water partition coefficient (Wildman–Crippen LogP) is 5.89. The van der Waals surface area contributed by atoms with E-state index >= 15 is 0 Å². The van der Waals surface area contributed by atoms with Gasteiger partial charge < -0.3 is 24.2 Å². The van der Waals surface area contributed by atoms with Gasteiger partial charge >= 0.3 is 0 Å². The molecule has 274 valence electrons. The number of nitrogens with zero attached hydrogens (tertiary/aromatic N) is 5. The lowest BCUT2D eigenvalue weighted by atomic mass is 9.88. The van der Waals surface area contributed by atoms with E-state index in [4.69, 9.17) is 9.47 Å². The maximum atomic E-state index is 13.9. The second-order valence-corrected chi connectivity index (χ2v) is 15.2. The second kappa shape index (κ2) is 17.1. The Morgan fingerprint density at radius 2 is 1.56 bits per heavy atom. The molecule has 7 rings (SSSR count). The summed E-state index contributed by atoms with van der Waals surface area (Å²) in [6, 6.07) is 23.4. The highest BCUT2D eigenvalue weighted by Gasteiger charge is 2.38. The summed E-state index contributed by atoms with van der Waals surface area (Å²) in [6.45, 7) is 16.1. The van der Waals surface area contributed by atoms with Crippen LogP contribution in [-0.4, -0.2) is 110 Å². The number of rotatable bonds is 16. The molecule has 4 heterocycles. The van der Waals surface area contributed by atoms with Crippen molar-refractivity contribution in [2.24, 2.45) is 11.8 Å². The second-order valence-electron chi connectivity index (χ2n) is 14.3. The van der Waals surface area contributed by atoms with Gasteiger partial charge in [0.2, 0.25) is 0 Å². The Labute approximate surface area is 311 Å². The summed E-state index contributed by atoms with van der Waals surface area (Å²) in [5.41, 5.74) is 5.56. The first-order valence-electron chi connectivity index (χ1n) is 18.6. The number of thiazole rings is 1. The molecule has 1 atom stereocenters. The molecule has 1 unspecified atom stereocenters. The van der Waals surface area contributed by atoms with Gasteiger partial charge in [-0.25, -0.2) is 4.98 Å². The minimum absolute atomic E-state index is 0.148. The number of hydrogen-bond acceptors (Lipinski definition) is 9. The van der Waals surface area contributed by atoms with Crippen LogP contribution in [-0.2, 0) is 20.8 Å². The van der Waals surface area contributed by atoms with Crippen molar-refractivity contribution in [3.63, 3.8) is 0 Å². The van der Waals surface area contributed by atoms with Crippen LogP contribution in [0.1, 0.15) is 41.4 Å². The third-order valence-electron chi connectivity index (χ3n) is 10.6. The fourth-order valence-corrected chi connectivity index (χ4v) is 7.83. The first-order valence-corrected chi connectivity index (χ1v) is 19.5. The van der Waals surface area contributed by atoms with Crippen LogP contribution in [0, 0.1) is 11.8 Å². The molecule has 10 nitrogen and oxygen atoms in total. The van der Waals surface area contributed by atoms with Crippen LogP contribution in [0.15, 0.2) is 84.4 Å². The number of likely N-dealkylation sites (tertiary alicyclic amines) is 1. The van der Waals surface area contributed by atoms with Gasteiger partial charge in [-0.2, -0.15) is 0 Å². The molecule has 2 saturated heterocycles. The summed E-state index contributed by atoms with van der Waals surface area (Å²) < 4.78 is 11.6. The monoisotopic (exact) mass is 722 g/mol. The molecule has 0 spiro atoms. The molecule has 52 heavy (non-hydrogen) atoms. The van der Waals surface area contributed by atoms with Crippen molar-refractivity contribution < 1.29 is 19.1 Å². The zero-order chi connectivity index (χ0) is 35.9. The molecular weight excluding hydrogens is 673 g/mol. The Balaban J connectivity index is 0.864. The maximum Gasteiger partial charge on any atom is 0.255 e. The van der Waals surface area contributed by atoms with E-state index in [2.05, 4.69) is 69.2 Å². The number of amides is 2. The summed E-state index contributed by atoms with van der Waals surface area (Å²) in [6.07, 6.45) is 1.65. The fourth-order valence-electron chi connectivity index (χ4n) is 7.30. The van der Waals surface area contributed by atoms with Crippen LogP contribution >= 0.6 is 11.3 Å². The number of hydrogen-bond donors (Lipinski definition) is 1. The largest absolute Gasteiger partial charge is 0.378 e. The van der Waals surface area contributed by atoms with Gasteiger partial charge in [0.15, 0.2) is 5.13 Å². The van der Waals surface area contributed by atoms with Gasteiger partial charge in [-0.15, -0.1) is 11.3 Å². The number of benzene rings is 3. The van der Waals surface area contributed by atoms with Crippen molar-refractivity contribution >= 4 is 34.0 Å². The van der Waals surface area contributed by atoms with Gasteiger partial charge in [-0.3, -0.25) is 19.8 Å². The van der Waals surface area contributed by atoms with Gasteiger partial charge in [-0.1, -0.05) is 68.4 Å². The third-order valence-corrected chi connectivity index (χ3v) is 11.3. The molecule has 3 aromatic carbocycles. The van der Waals surface area contributed by atoms with E-state index in [0.717, 1.165) is 86.6 Å². The minimum atomic E-state index is -0.775. The molecule has 0 aliphatic carbocycles. The summed E-state index contributed by atoms with van der Waals surface area (Å²) in [7, 11) is 0. The summed E-state index contributed by atoms with van der Waals surface area (Å²) in [5.74, 6) is 1.21. The van der Waals surface area contributed by atoms with E-state index in [1.165, 1.54) is 30.1 Å². The van der Waals surface area contributed by atoms with E-state index < -0.39 is 6.04 Å². The van der Waals surface area contributed by atoms with Crippen LogP contribution in [0.25, 0.3) is 11.1 Å². The number of piperazine rings is 1. The van der Waals surface area contributed by atoms with Crippen LogP contribution < -0.4 is 10.2 Å². The highest BCUT2D eigenvalue weighted by atomic mass is 32.1. The third kappa shape index (κ3) is 8.73. The standard InChI is InChI=1S/C41H50N6O4S/c1-30(2)35-27-45(28-35)20-22-51-24-23-50-21-19-44-15-17-46(18-16-44)36-12-10-31(11-13-36)33-8-9-34-29-47(40(49)37(34)26-33)38(32-6-4-3-5-7-32)39(48)43-41-42-14-25-52-41/h3-14,25-26,30,35,38H,15-24,27-29H2,1-2H3,(H,42,43,48). The molecule has 3 aliphatic heterocycles. The summed E-state index contributed by atoms with van der Waals surface area (Å²) in [5, 5.41) is 5.22. The van der Waals surface area contributed by atoms with Crippen molar-refractivity contribution in [2.45, 2.75) is 26.4 Å². The van der Waals surface area contributed by atoms with Gasteiger partial charge in [0, 0.05) is 81.7 Å².